The van der Waals surface area contributed by atoms with Crippen LogP contribution in [0.15, 0.2) is 53.3 Å². The van der Waals surface area contributed by atoms with E-state index in [1.807, 2.05) is 55.5 Å². The third-order valence-corrected chi connectivity index (χ3v) is 4.40. The number of carbonyl (C=O) groups excluding carboxylic acids is 1. The number of anilines is 1. The molecule has 0 bridgehead atoms. The van der Waals surface area contributed by atoms with Crippen LogP contribution < -0.4 is 11.0 Å². The number of hydrogen-bond acceptors (Lipinski definition) is 2. The Labute approximate surface area is 146 Å². The first-order valence-electron chi connectivity index (χ1n) is 8.59. The highest BCUT2D eigenvalue weighted by molar-refractivity contribution is 5.92. The molecule has 0 radical (unpaired) electrons. The number of rotatable bonds is 5. The van der Waals surface area contributed by atoms with Crippen molar-refractivity contribution in [1.29, 1.82) is 0 Å². The summed E-state index contributed by atoms with van der Waals surface area (Å²) in [6.07, 6.45) is 0. The van der Waals surface area contributed by atoms with Crippen molar-refractivity contribution in [2.75, 3.05) is 5.32 Å². The van der Waals surface area contributed by atoms with Crippen LogP contribution in [0.1, 0.15) is 32.3 Å². The molecule has 130 valence electrons. The fourth-order valence-electron chi connectivity index (χ4n) is 3.18. The van der Waals surface area contributed by atoms with E-state index in [2.05, 4.69) is 19.2 Å². The topological polar surface area (TPSA) is 56.0 Å². The SMILES string of the molecule is CCn1c(=O)n(CC(=O)Nc2ccccc2C(C)C)c2ccccc21. The van der Waals surface area contributed by atoms with Gasteiger partial charge in [0.1, 0.15) is 6.54 Å². The molecule has 3 rings (SSSR count). The maximum Gasteiger partial charge on any atom is 0.329 e. The Hall–Kier alpha value is -2.82. The predicted octanol–water partition coefficient (Wildman–Crippen LogP) is 3.59. The summed E-state index contributed by atoms with van der Waals surface area (Å²) >= 11 is 0. The van der Waals surface area contributed by atoms with Crippen LogP contribution in [0.3, 0.4) is 0 Å². The average molecular weight is 337 g/mol. The third kappa shape index (κ3) is 3.22. The lowest BCUT2D eigenvalue weighted by molar-refractivity contribution is -0.116. The monoisotopic (exact) mass is 337 g/mol. The number of imidazole rings is 1. The maximum atomic E-state index is 12.6. The first-order chi connectivity index (χ1) is 12.0. The minimum absolute atomic E-state index is 0.00121. The Morgan fingerprint density at radius 1 is 1.00 bits per heavy atom. The van der Waals surface area contributed by atoms with E-state index in [1.165, 1.54) is 4.57 Å². The van der Waals surface area contributed by atoms with Crippen LogP contribution in [0.25, 0.3) is 11.0 Å². The Balaban J connectivity index is 1.91. The van der Waals surface area contributed by atoms with E-state index < -0.39 is 0 Å². The number of hydrogen-bond donors (Lipinski definition) is 1. The molecule has 0 unspecified atom stereocenters. The summed E-state index contributed by atoms with van der Waals surface area (Å²) in [4.78, 5) is 25.2. The predicted molar refractivity (Wildman–Crippen MR) is 101 cm³/mol. The molecule has 1 amide bonds. The first-order valence-corrected chi connectivity index (χ1v) is 8.59. The summed E-state index contributed by atoms with van der Waals surface area (Å²) in [6.45, 7) is 6.68. The number of nitrogens with zero attached hydrogens (tertiary/aromatic N) is 2. The van der Waals surface area contributed by atoms with Crippen LogP contribution in [0.4, 0.5) is 5.69 Å². The molecule has 1 heterocycles. The lowest BCUT2D eigenvalue weighted by Gasteiger charge is -2.13. The summed E-state index contributed by atoms with van der Waals surface area (Å²) in [7, 11) is 0. The number of amides is 1. The second-order valence-electron chi connectivity index (χ2n) is 6.39. The molecule has 1 aromatic heterocycles. The second kappa shape index (κ2) is 6.97. The van der Waals surface area contributed by atoms with Crippen molar-refractivity contribution in [2.45, 2.75) is 39.8 Å². The lowest BCUT2D eigenvalue weighted by Crippen LogP contribution is -2.29. The molecular formula is C20H23N3O2. The number of aryl methyl sites for hydroxylation is 1. The van der Waals surface area contributed by atoms with Crippen LogP contribution in [0, 0.1) is 0 Å². The number of para-hydroxylation sites is 3. The first kappa shape index (κ1) is 17.0. The highest BCUT2D eigenvalue weighted by atomic mass is 16.2. The summed E-state index contributed by atoms with van der Waals surface area (Å²) in [5.74, 6) is 0.107. The highest BCUT2D eigenvalue weighted by Gasteiger charge is 2.15. The molecule has 0 saturated heterocycles. The standard InChI is InChI=1S/C20H23N3O2/c1-4-22-17-11-7-8-12-18(17)23(20(22)25)13-19(24)21-16-10-6-5-9-15(16)14(2)3/h5-12,14H,4,13H2,1-3H3,(H,21,24). The molecule has 5 nitrogen and oxygen atoms in total. The van der Waals surface area contributed by atoms with Crippen molar-refractivity contribution >= 4 is 22.6 Å². The molecule has 5 heteroatoms. The molecule has 25 heavy (non-hydrogen) atoms. The van der Waals surface area contributed by atoms with Crippen molar-refractivity contribution in [1.82, 2.24) is 9.13 Å². The van der Waals surface area contributed by atoms with Crippen molar-refractivity contribution in [3.8, 4) is 0 Å². The van der Waals surface area contributed by atoms with Gasteiger partial charge in [0.05, 0.1) is 11.0 Å². The van der Waals surface area contributed by atoms with E-state index in [4.69, 9.17) is 0 Å². The van der Waals surface area contributed by atoms with Crippen LogP contribution in [-0.2, 0) is 17.9 Å². The van der Waals surface area contributed by atoms with Gasteiger partial charge in [-0.3, -0.25) is 13.9 Å². The Bertz CT molecular complexity index is 966. The Morgan fingerprint density at radius 3 is 2.24 bits per heavy atom. The normalized spacial score (nSPS) is 11.2. The minimum Gasteiger partial charge on any atom is -0.324 e. The average Bonchev–Trinajstić information content (AvgIpc) is 2.86. The molecule has 0 saturated carbocycles. The fraction of sp³-hybridized carbons (Fsp3) is 0.300. The zero-order valence-electron chi connectivity index (χ0n) is 14.8. The van der Waals surface area contributed by atoms with E-state index in [-0.39, 0.29) is 18.1 Å². The van der Waals surface area contributed by atoms with Gasteiger partial charge in [0, 0.05) is 12.2 Å². The van der Waals surface area contributed by atoms with Crippen LogP contribution >= 0.6 is 0 Å². The van der Waals surface area contributed by atoms with Gasteiger partial charge in [0.15, 0.2) is 0 Å². The summed E-state index contributed by atoms with van der Waals surface area (Å²) in [5, 5.41) is 2.95. The molecule has 0 atom stereocenters. The third-order valence-electron chi connectivity index (χ3n) is 4.40. The fourth-order valence-corrected chi connectivity index (χ4v) is 3.18. The minimum atomic E-state index is -0.200. The lowest BCUT2D eigenvalue weighted by atomic mass is 10.0. The van der Waals surface area contributed by atoms with Gasteiger partial charge in [0.25, 0.3) is 0 Å². The van der Waals surface area contributed by atoms with Gasteiger partial charge >= 0.3 is 5.69 Å². The summed E-state index contributed by atoms with van der Waals surface area (Å²) in [5.41, 5.74) is 3.36. The van der Waals surface area contributed by atoms with Crippen LogP contribution in [-0.4, -0.2) is 15.0 Å². The van der Waals surface area contributed by atoms with E-state index >= 15 is 0 Å². The van der Waals surface area contributed by atoms with E-state index in [0.717, 1.165) is 22.3 Å². The van der Waals surface area contributed by atoms with Gasteiger partial charge in [-0.1, -0.05) is 44.2 Å². The van der Waals surface area contributed by atoms with Gasteiger partial charge in [-0.15, -0.1) is 0 Å². The smallest absolute Gasteiger partial charge is 0.324 e. The van der Waals surface area contributed by atoms with Crippen LogP contribution in [0.5, 0.6) is 0 Å². The molecular weight excluding hydrogens is 314 g/mol. The van der Waals surface area contributed by atoms with Gasteiger partial charge in [-0.05, 0) is 36.6 Å². The largest absolute Gasteiger partial charge is 0.329 e. The van der Waals surface area contributed by atoms with Gasteiger partial charge in [0.2, 0.25) is 5.91 Å². The van der Waals surface area contributed by atoms with Crippen LogP contribution in [0.2, 0.25) is 0 Å². The van der Waals surface area contributed by atoms with E-state index in [1.54, 1.807) is 4.57 Å². The Morgan fingerprint density at radius 2 is 1.60 bits per heavy atom. The number of benzene rings is 2. The molecule has 2 aromatic carbocycles. The van der Waals surface area contributed by atoms with Gasteiger partial charge in [-0.2, -0.15) is 0 Å². The van der Waals surface area contributed by atoms with Crippen molar-refractivity contribution in [3.63, 3.8) is 0 Å². The number of carbonyl (C=O) groups is 1. The quantitative estimate of drug-likeness (QED) is 0.773. The van der Waals surface area contributed by atoms with E-state index in [9.17, 15) is 9.59 Å². The molecule has 0 fully saturated rings. The van der Waals surface area contributed by atoms with E-state index in [0.29, 0.717) is 12.5 Å². The summed E-state index contributed by atoms with van der Waals surface area (Å²) < 4.78 is 3.22. The Kier molecular flexibility index (Phi) is 4.74. The molecule has 0 spiro atoms. The van der Waals surface area contributed by atoms with Gasteiger partial charge in [-0.25, -0.2) is 4.79 Å². The molecule has 3 aromatic rings. The number of nitrogens with one attached hydrogen (secondary N) is 1. The summed E-state index contributed by atoms with van der Waals surface area (Å²) in [6, 6.07) is 15.3. The van der Waals surface area contributed by atoms with Gasteiger partial charge < -0.3 is 5.32 Å². The number of aromatic nitrogens is 2. The van der Waals surface area contributed by atoms with Crippen molar-refractivity contribution in [3.05, 3.63) is 64.6 Å². The molecule has 0 aliphatic heterocycles. The zero-order chi connectivity index (χ0) is 18.0. The molecule has 0 aliphatic rings. The van der Waals surface area contributed by atoms with Crippen molar-refractivity contribution in [2.24, 2.45) is 0 Å². The zero-order valence-corrected chi connectivity index (χ0v) is 14.8. The highest BCUT2D eigenvalue weighted by Crippen LogP contribution is 2.23. The van der Waals surface area contributed by atoms with Crippen molar-refractivity contribution < 1.29 is 4.79 Å². The second-order valence-corrected chi connectivity index (χ2v) is 6.39. The molecule has 1 N–H and O–H groups in total. The molecule has 0 aliphatic carbocycles. The number of fused-ring (bicyclic) bond motifs is 1. The maximum absolute atomic E-state index is 12.6.